The minimum atomic E-state index is -0.448. The summed E-state index contributed by atoms with van der Waals surface area (Å²) in [5, 5.41) is 2.80. The molecule has 102 valence electrons. The second-order valence-electron chi connectivity index (χ2n) is 4.76. The highest BCUT2D eigenvalue weighted by atomic mass is 16.2. The fourth-order valence-electron chi connectivity index (χ4n) is 2.04. The average molecular weight is 260 g/mol. The normalized spacial score (nSPS) is 12.6. The van der Waals surface area contributed by atoms with Gasteiger partial charge in [0.05, 0.1) is 17.1 Å². The molecule has 0 spiro atoms. The molecule has 5 nitrogen and oxygen atoms in total. The van der Waals surface area contributed by atoms with Crippen LogP contribution in [0, 0.1) is 0 Å². The van der Waals surface area contributed by atoms with Gasteiger partial charge in [-0.3, -0.25) is 4.79 Å². The van der Waals surface area contributed by atoms with Crippen molar-refractivity contribution in [3.8, 4) is 0 Å². The van der Waals surface area contributed by atoms with Gasteiger partial charge in [-0.25, -0.2) is 4.98 Å². The number of hydrogen-bond acceptors (Lipinski definition) is 3. The maximum absolute atomic E-state index is 11.3. The molecule has 1 aromatic heterocycles. The third-order valence-electron chi connectivity index (χ3n) is 3.17. The lowest BCUT2D eigenvalue weighted by molar-refractivity contribution is -0.121. The number of aromatic nitrogens is 2. The predicted molar refractivity (Wildman–Crippen MR) is 75.7 cm³/mol. The summed E-state index contributed by atoms with van der Waals surface area (Å²) in [7, 11) is 2.02. The molecule has 1 atom stereocenters. The number of imidazole rings is 1. The van der Waals surface area contributed by atoms with E-state index in [2.05, 4.69) is 20.9 Å². The third kappa shape index (κ3) is 3.12. The molecular weight excluding hydrogens is 240 g/mol. The van der Waals surface area contributed by atoms with E-state index in [1.165, 1.54) is 0 Å². The first kappa shape index (κ1) is 13.5. The van der Waals surface area contributed by atoms with Gasteiger partial charge in [-0.1, -0.05) is 12.1 Å². The topological polar surface area (TPSA) is 72.9 Å². The Balaban J connectivity index is 1.92. The van der Waals surface area contributed by atoms with Crippen LogP contribution in [0.25, 0.3) is 11.0 Å². The molecule has 1 heterocycles. The van der Waals surface area contributed by atoms with Crippen molar-refractivity contribution in [2.75, 3.05) is 6.54 Å². The van der Waals surface area contributed by atoms with Crippen LogP contribution in [0.3, 0.4) is 0 Å². The quantitative estimate of drug-likeness (QED) is 0.787. The van der Waals surface area contributed by atoms with Gasteiger partial charge >= 0.3 is 0 Å². The number of aryl methyl sites for hydroxylation is 2. The summed E-state index contributed by atoms with van der Waals surface area (Å²) in [6, 6.07) is 7.62. The molecule has 1 unspecified atom stereocenters. The maximum Gasteiger partial charge on any atom is 0.236 e. The van der Waals surface area contributed by atoms with E-state index in [1.54, 1.807) is 6.92 Å². The molecule has 0 fully saturated rings. The highest BCUT2D eigenvalue weighted by Gasteiger charge is 2.08. The molecule has 19 heavy (non-hydrogen) atoms. The Kier molecular flexibility index (Phi) is 4.16. The Morgan fingerprint density at radius 2 is 2.21 bits per heavy atom. The maximum atomic E-state index is 11.3. The van der Waals surface area contributed by atoms with Crippen molar-refractivity contribution < 1.29 is 4.79 Å². The SMILES string of the molecule is CC(N)C(=O)NCCCc1nc2ccccc2n1C. The van der Waals surface area contributed by atoms with E-state index >= 15 is 0 Å². The largest absolute Gasteiger partial charge is 0.355 e. The molecule has 0 aliphatic carbocycles. The van der Waals surface area contributed by atoms with Crippen LogP contribution >= 0.6 is 0 Å². The smallest absolute Gasteiger partial charge is 0.236 e. The highest BCUT2D eigenvalue weighted by molar-refractivity contribution is 5.80. The molecule has 0 aliphatic rings. The lowest BCUT2D eigenvalue weighted by Crippen LogP contribution is -2.38. The van der Waals surface area contributed by atoms with Gasteiger partial charge in [0.15, 0.2) is 0 Å². The molecule has 5 heteroatoms. The minimum Gasteiger partial charge on any atom is -0.355 e. The van der Waals surface area contributed by atoms with Crippen LogP contribution in [0.5, 0.6) is 0 Å². The zero-order chi connectivity index (χ0) is 13.8. The summed E-state index contributed by atoms with van der Waals surface area (Å²) in [5.74, 6) is 0.932. The number of rotatable bonds is 5. The van der Waals surface area contributed by atoms with Crippen molar-refractivity contribution >= 4 is 16.9 Å². The van der Waals surface area contributed by atoms with E-state index in [-0.39, 0.29) is 5.91 Å². The Hall–Kier alpha value is -1.88. The van der Waals surface area contributed by atoms with Gasteiger partial charge in [0.2, 0.25) is 5.91 Å². The molecule has 2 aromatic rings. The number of carbonyl (C=O) groups excluding carboxylic acids is 1. The number of nitrogens with zero attached hydrogens (tertiary/aromatic N) is 2. The standard InChI is InChI=1S/C14H20N4O/c1-10(15)14(19)16-9-5-8-13-17-11-6-3-4-7-12(11)18(13)2/h3-4,6-7,10H,5,8-9,15H2,1-2H3,(H,16,19). The number of nitrogens with one attached hydrogen (secondary N) is 1. The summed E-state index contributed by atoms with van der Waals surface area (Å²) in [6.45, 7) is 2.31. The summed E-state index contributed by atoms with van der Waals surface area (Å²) in [4.78, 5) is 15.9. The van der Waals surface area contributed by atoms with Crippen molar-refractivity contribution in [3.05, 3.63) is 30.1 Å². The van der Waals surface area contributed by atoms with Crippen LogP contribution in [0.2, 0.25) is 0 Å². The van der Waals surface area contributed by atoms with Crippen LogP contribution in [-0.4, -0.2) is 28.0 Å². The second-order valence-corrected chi connectivity index (χ2v) is 4.76. The summed E-state index contributed by atoms with van der Waals surface area (Å²) in [5.41, 5.74) is 7.63. The Labute approximate surface area is 112 Å². The van der Waals surface area contributed by atoms with Crippen LogP contribution in [0.15, 0.2) is 24.3 Å². The predicted octanol–water partition coefficient (Wildman–Crippen LogP) is 0.969. The van der Waals surface area contributed by atoms with Crippen LogP contribution in [0.4, 0.5) is 0 Å². The number of amides is 1. The van der Waals surface area contributed by atoms with Gasteiger partial charge in [0, 0.05) is 20.0 Å². The fraction of sp³-hybridized carbons (Fsp3) is 0.429. The van der Waals surface area contributed by atoms with Gasteiger partial charge in [-0.05, 0) is 25.5 Å². The molecule has 1 amide bonds. The van der Waals surface area contributed by atoms with Gasteiger partial charge in [-0.2, -0.15) is 0 Å². The fourth-order valence-corrected chi connectivity index (χ4v) is 2.04. The van der Waals surface area contributed by atoms with Crippen molar-refractivity contribution in [2.24, 2.45) is 12.8 Å². The van der Waals surface area contributed by atoms with Gasteiger partial charge in [0.1, 0.15) is 5.82 Å². The first-order chi connectivity index (χ1) is 9.09. The average Bonchev–Trinajstić information content (AvgIpc) is 2.72. The van der Waals surface area contributed by atoms with Gasteiger partial charge in [0.25, 0.3) is 0 Å². The second kappa shape index (κ2) is 5.84. The van der Waals surface area contributed by atoms with E-state index in [4.69, 9.17) is 5.73 Å². The van der Waals surface area contributed by atoms with Crippen molar-refractivity contribution in [2.45, 2.75) is 25.8 Å². The molecule has 0 saturated carbocycles. The summed E-state index contributed by atoms with van der Waals surface area (Å²) >= 11 is 0. The first-order valence-electron chi connectivity index (χ1n) is 6.53. The summed E-state index contributed by atoms with van der Waals surface area (Å²) < 4.78 is 2.10. The van der Waals surface area contributed by atoms with E-state index < -0.39 is 6.04 Å². The van der Waals surface area contributed by atoms with Gasteiger partial charge < -0.3 is 15.6 Å². The van der Waals surface area contributed by atoms with Crippen LogP contribution < -0.4 is 11.1 Å². The number of para-hydroxylation sites is 2. The number of benzene rings is 1. The Morgan fingerprint density at radius 1 is 1.47 bits per heavy atom. The number of hydrogen-bond donors (Lipinski definition) is 2. The Bertz CT molecular complexity index is 574. The molecule has 0 aliphatic heterocycles. The van der Waals surface area contributed by atoms with Crippen LogP contribution in [-0.2, 0) is 18.3 Å². The molecular formula is C14H20N4O. The van der Waals surface area contributed by atoms with Gasteiger partial charge in [-0.15, -0.1) is 0 Å². The monoisotopic (exact) mass is 260 g/mol. The van der Waals surface area contributed by atoms with E-state index in [9.17, 15) is 4.79 Å². The van der Waals surface area contributed by atoms with Crippen molar-refractivity contribution in [1.82, 2.24) is 14.9 Å². The molecule has 1 aromatic carbocycles. The lowest BCUT2D eigenvalue weighted by Gasteiger charge is -2.07. The van der Waals surface area contributed by atoms with Crippen LogP contribution in [0.1, 0.15) is 19.2 Å². The minimum absolute atomic E-state index is 0.106. The zero-order valence-electron chi connectivity index (χ0n) is 11.4. The lowest BCUT2D eigenvalue weighted by atomic mass is 10.2. The van der Waals surface area contributed by atoms with E-state index in [1.807, 2.05) is 25.2 Å². The number of nitrogens with two attached hydrogens (primary N) is 1. The third-order valence-corrected chi connectivity index (χ3v) is 3.17. The number of fused-ring (bicyclic) bond motifs is 1. The highest BCUT2D eigenvalue weighted by Crippen LogP contribution is 2.14. The summed E-state index contributed by atoms with van der Waals surface area (Å²) in [6.07, 6.45) is 1.69. The molecule has 2 rings (SSSR count). The molecule has 0 radical (unpaired) electrons. The molecule has 3 N–H and O–H groups in total. The molecule has 0 bridgehead atoms. The van der Waals surface area contributed by atoms with E-state index in [0.29, 0.717) is 6.54 Å². The van der Waals surface area contributed by atoms with E-state index in [0.717, 1.165) is 29.7 Å². The first-order valence-corrected chi connectivity index (χ1v) is 6.53. The number of carbonyl (C=O) groups is 1. The Morgan fingerprint density at radius 3 is 2.89 bits per heavy atom. The zero-order valence-corrected chi connectivity index (χ0v) is 11.4. The van der Waals surface area contributed by atoms with Crippen molar-refractivity contribution in [3.63, 3.8) is 0 Å². The van der Waals surface area contributed by atoms with Crippen molar-refractivity contribution in [1.29, 1.82) is 0 Å². The molecule has 0 saturated heterocycles.